The number of rotatable bonds is 2. The number of β-amino-alcohol motifs (C(OH)–C–C–N with tert-alkyl or cyclic N) is 1. The van der Waals surface area contributed by atoms with E-state index in [9.17, 15) is 13.5 Å². The second kappa shape index (κ2) is 4.33. The van der Waals surface area contributed by atoms with E-state index in [1.54, 1.807) is 26.0 Å². The van der Waals surface area contributed by atoms with E-state index in [-0.39, 0.29) is 6.54 Å². The zero-order chi connectivity index (χ0) is 13.6. The van der Waals surface area contributed by atoms with E-state index < -0.39 is 15.6 Å². The Bertz CT molecular complexity index is 564. The molecule has 5 heteroatoms. The first kappa shape index (κ1) is 13.5. The summed E-state index contributed by atoms with van der Waals surface area (Å²) in [6.45, 7) is 5.95. The van der Waals surface area contributed by atoms with Gasteiger partial charge in [-0.05, 0) is 38.8 Å². The maximum absolute atomic E-state index is 12.5. The molecule has 1 heterocycles. The number of aryl methyl sites for hydroxylation is 2. The zero-order valence-corrected chi connectivity index (χ0v) is 11.8. The van der Waals surface area contributed by atoms with Crippen molar-refractivity contribution in [1.82, 2.24) is 4.31 Å². The third-order valence-corrected chi connectivity index (χ3v) is 5.37. The molecule has 0 saturated carbocycles. The number of hydrogen-bond donors (Lipinski definition) is 1. The summed E-state index contributed by atoms with van der Waals surface area (Å²) in [5, 5.41) is 9.88. The first-order valence-corrected chi connectivity index (χ1v) is 7.46. The van der Waals surface area contributed by atoms with Crippen LogP contribution in [0.3, 0.4) is 0 Å². The molecule has 0 radical (unpaired) electrons. The molecule has 1 N–H and O–H groups in total. The summed E-state index contributed by atoms with van der Waals surface area (Å²) in [5.74, 6) is 0. The summed E-state index contributed by atoms with van der Waals surface area (Å²) in [4.78, 5) is 0.339. The zero-order valence-electron chi connectivity index (χ0n) is 11.0. The summed E-state index contributed by atoms with van der Waals surface area (Å²) >= 11 is 0. The SMILES string of the molecule is Cc1ccc(S(=O)(=O)N2CCC(C)(O)C2)c(C)c1. The molecule has 100 valence electrons. The van der Waals surface area contributed by atoms with Gasteiger partial charge >= 0.3 is 0 Å². The maximum Gasteiger partial charge on any atom is 0.243 e. The molecule has 0 aliphatic carbocycles. The van der Waals surface area contributed by atoms with E-state index >= 15 is 0 Å². The molecule has 0 bridgehead atoms. The smallest absolute Gasteiger partial charge is 0.243 e. The molecule has 18 heavy (non-hydrogen) atoms. The van der Waals surface area contributed by atoms with Crippen LogP contribution in [0.2, 0.25) is 0 Å². The summed E-state index contributed by atoms with van der Waals surface area (Å²) < 4.78 is 26.3. The standard InChI is InChI=1S/C13H19NO3S/c1-10-4-5-12(11(2)8-10)18(16,17)14-7-6-13(3,15)9-14/h4-5,8,15H,6-7,9H2,1-3H3. The lowest BCUT2D eigenvalue weighted by Crippen LogP contribution is -2.34. The molecule has 0 spiro atoms. The van der Waals surface area contributed by atoms with Gasteiger partial charge in [0.1, 0.15) is 0 Å². The lowest BCUT2D eigenvalue weighted by atomic mass is 10.1. The number of sulfonamides is 1. The van der Waals surface area contributed by atoms with Crippen molar-refractivity contribution in [3.63, 3.8) is 0 Å². The van der Waals surface area contributed by atoms with Crippen molar-refractivity contribution in [1.29, 1.82) is 0 Å². The lowest BCUT2D eigenvalue weighted by molar-refractivity contribution is 0.0762. The maximum atomic E-state index is 12.5. The average Bonchev–Trinajstić information content (AvgIpc) is 2.58. The molecular weight excluding hydrogens is 250 g/mol. The minimum absolute atomic E-state index is 0.169. The summed E-state index contributed by atoms with van der Waals surface area (Å²) in [7, 11) is -3.48. The van der Waals surface area contributed by atoms with Crippen LogP contribution in [0.25, 0.3) is 0 Å². The number of aliphatic hydroxyl groups is 1. The van der Waals surface area contributed by atoms with Gasteiger partial charge in [0.05, 0.1) is 10.5 Å². The monoisotopic (exact) mass is 269 g/mol. The van der Waals surface area contributed by atoms with Crippen molar-refractivity contribution in [3.05, 3.63) is 29.3 Å². The van der Waals surface area contributed by atoms with Crippen LogP contribution < -0.4 is 0 Å². The Balaban J connectivity index is 2.38. The predicted octanol–water partition coefficient (Wildman–Crippen LogP) is 1.45. The topological polar surface area (TPSA) is 57.6 Å². The van der Waals surface area contributed by atoms with Crippen LogP contribution in [0.5, 0.6) is 0 Å². The van der Waals surface area contributed by atoms with Crippen molar-refractivity contribution in [2.24, 2.45) is 0 Å². The molecule has 4 nitrogen and oxygen atoms in total. The van der Waals surface area contributed by atoms with Crippen LogP contribution in [0.1, 0.15) is 24.5 Å². The fourth-order valence-corrected chi connectivity index (χ4v) is 4.10. The molecule has 1 aromatic rings. The van der Waals surface area contributed by atoms with Crippen molar-refractivity contribution in [2.45, 2.75) is 37.7 Å². The molecule has 1 saturated heterocycles. The third-order valence-electron chi connectivity index (χ3n) is 3.37. The Kier molecular flexibility index (Phi) is 3.25. The van der Waals surface area contributed by atoms with Crippen LogP contribution in [0, 0.1) is 13.8 Å². The van der Waals surface area contributed by atoms with Crippen molar-refractivity contribution in [2.75, 3.05) is 13.1 Å². The van der Waals surface area contributed by atoms with Gasteiger partial charge in [-0.3, -0.25) is 0 Å². The van der Waals surface area contributed by atoms with Gasteiger partial charge in [0, 0.05) is 13.1 Å². The highest BCUT2D eigenvalue weighted by Gasteiger charge is 2.38. The van der Waals surface area contributed by atoms with Gasteiger partial charge in [-0.2, -0.15) is 4.31 Å². The number of nitrogens with zero attached hydrogens (tertiary/aromatic N) is 1. The molecule has 1 aliphatic rings. The summed E-state index contributed by atoms with van der Waals surface area (Å²) in [5.41, 5.74) is 0.882. The van der Waals surface area contributed by atoms with Gasteiger partial charge < -0.3 is 5.11 Å². The number of benzene rings is 1. The highest BCUT2D eigenvalue weighted by atomic mass is 32.2. The normalized spacial score (nSPS) is 25.6. The van der Waals surface area contributed by atoms with Crippen LogP contribution in [0.15, 0.2) is 23.1 Å². The van der Waals surface area contributed by atoms with Gasteiger partial charge in [-0.1, -0.05) is 17.7 Å². The van der Waals surface area contributed by atoms with Gasteiger partial charge in [0.15, 0.2) is 0 Å². The van der Waals surface area contributed by atoms with E-state index in [1.807, 2.05) is 13.0 Å². The fraction of sp³-hybridized carbons (Fsp3) is 0.538. The van der Waals surface area contributed by atoms with Crippen LogP contribution in [-0.4, -0.2) is 36.5 Å². The highest BCUT2D eigenvalue weighted by Crippen LogP contribution is 2.28. The molecule has 1 aliphatic heterocycles. The van der Waals surface area contributed by atoms with Crippen molar-refractivity contribution >= 4 is 10.0 Å². The van der Waals surface area contributed by atoms with E-state index in [0.29, 0.717) is 17.9 Å². The van der Waals surface area contributed by atoms with Crippen LogP contribution in [0.4, 0.5) is 0 Å². The quantitative estimate of drug-likeness (QED) is 0.884. The Labute approximate surface area is 108 Å². The van der Waals surface area contributed by atoms with Crippen molar-refractivity contribution < 1.29 is 13.5 Å². The van der Waals surface area contributed by atoms with E-state index in [0.717, 1.165) is 11.1 Å². The second-order valence-corrected chi connectivity index (χ2v) is 7.26. The first-order valence-electron chi connectivity index (χ1n) is 6.02. The van der Waals surface area contributed by atoms with Gasteiger partial charge in [-0.25, -0.2) is 8.42 Å². The number of hydrogen-bond acceptors (Lipinski definition) is 3. The molecule has 2 rings (SSSR count). The largest absolute Gasteiger partial charge is 0.389 e. The third kappa shape index (κ3) is 2.43. The molecule has 1 aromatic carbocycles. The summed E-state index contributed by atoms with van der Waals surface area (Å²) in [6.07, 6.45) is 0.483. The Morgan fingerprint density at radius 2 is 2.00 bits per heavy atom. The highest BCUT2D eigenvalue weighted by molar-refractivity contribution is 7.89. The second-order valence-electron chi connectivity index (χ2n) is 5.35. The van der Waals surface area contributed by atoms with E-state index in [2.05, 4.69) is 0 Å². The Morgan fingerprint density at radius 1 is 1.33 bits per heavy atom. The van der Waals surface area contributed by atoms with Gasteiger partial charge in [-0.15, -0.1) is 0 Å². The molecule has 1 fully saturated rings. The lowest BCUT2D eigenvalue weighted by Gasteiger charge is -2.20. The van der Waals surface area contributed by atoms with Crippen molar-refractivity contribution in [3.8, 4) is 0 Å². The predicted molar refractivity (Wildman–Crippen MR) is 69.9 cm³/mol. The van der Waals surface area contributed by atoms with Gasteiger partial charge in [0.2, 0.25) is 10.0 Å². The Morgan fingerprint density at radius 3 is 2.50 bits per heavy atom. The minimum atomic E-state index is -3.48. The van der Waals surface area contributed by atoms with Crippen LogP contribution >= 0.6 is 0 Å². The Hall–Kier alpha value is -0.910. The van der Waals surface area contributed by atoms with E-state index in [4.69, 9.17) is 0 Å². The molecule has 1 unspecified atom stereocenters. The van der Waals surface area contributed by atoms with Crippen LogP contribution in [-0.2, 0) is 10.0 Å². The fourth-order valence-electron chi connectivity index (χ4n) is 2.34. The van der Waals surface area contributed by atoms with Gasteiger partial charge in [0.25, 0.3) is 0 Å². The first-order chi connectivity index (χ1) is 8.22. The minimum Gasteiger partial charge on any atom is -0.389 e. The molecule has 0 amide bonds. The average molecular weight is 269 g/mol. The molecule has 0 aromatic heterocycles. The molecular formula is C13H19NO3S. The summed E-state index contributed by atoms with van der Waals surface area (Å²) in [6, 6.07) is 5.31. The van der Waals surface area contributed by atoms with E-state index in [1.165, 1.54) is 4.31 Å². The molecule has 1 atom stereocenters.